The first-order valence-electron chi connectivity index (χ1n) is 43.2. The van der Waals surface area contributed by atoms with Gasteiger partial charge >= 0.3 is 0 Å². The lowest BCUT2D eigenvalue weighted by atomic mass is 9.97. The third-order valence-electron chi connectivity index (χ3n) is 23.0. The summed E-state index contributed by atoms with van der Waals surface area (Å²) in [5.74, 6) is -4.58. The molecule has 852 valence electrons. The Morgan fingerprint density at radius 1 is 0.266 bits per heavy atom. The second-order valence-corrected chi connectivity index (χ2v) is 33.2. The Bertz CT molecular complexity index is 3280. The molecule has 55 atom stereocenters. The molecule has 69 heteroatoms. The van der Waals surface area contributed by atoms with E-state index >= 15 is 0 Å². The number of carbonyl (C=O) groups excluding carboxylic acids is 1. The molecule has 0 aromatic carbocycles. The molecular formula is C74H142O69. The molecule has 0 amide bonds. The van der Waals surface area contributed by atoms with Crippen molar-refractivity contribution in [2.75, 3.05) is 112 Å². The number of ether oxygens (including phenoxy) is 15. The number of hydrogen-bond donors (Lipinski definition) is 53. The minimum atomic E-state index is -2.36. The minimum absolute atomic E-state index is 0.0258. The van der Waals surface area contributed by atoms with Crippen molar-refractivity contribution in [1.29, 1.82) is 0 Å². The molecule has 1 unspecified atom stereocenters. The van der Waals surface area contributed by atoms with Gasteiger partial charge in [0.25, 0.3) is 0 Å². The molecule has 53 N–H and O–H groups in total. The lowest BCUT2D eigenvalue weighted by Gasteiger charge is -2.45. The fourth-order valence-electron chi connectivity index (χ4n) is 13.8. The Labute approximate surface area is 805 Å². The topological polar surface area (TPSA) is 1230 Å². The molecule has 0 saturated carbocycles. The third-order valence-corrected chi connectivity index (χ3v) is 23.0. The average Bonchev–Trinajstić information content (AvgIpc) is 1.62. The molecule has 10 fully saturated rings. The van der Waals surface area contributed by atoms with Crippen molar-refractivity contribution in [3.8, 4) is 0 Å². The maximum atomic E-state index is 10.3. The Balaban J connectivity index is 0.000000439. The fourth-order valence-corrected chi connectivity index (χ4v) is 13.8. The molecule has 0 aromatic heterocycles. The summed E-state index contributed by atoms with van der Waals surface area (Å²) in [6, 6.07) is 0. The molecule has 0 spiro atoms. The lowest BCUT2D eigenvalue weighted by molar-refractivity contribution is -0.388. The molecule has 10 saturated heterocycles. The van der Waals surface area contributed by atoms with Gasteiger partial charge in [0.2, 0.25) is 11.6 Å². The molecule has 0 radical (unpaired) electrons. The number of aliphatic hydroxyl groups is 53. The van der Waals surface area contributed by atoms with Gasteiger partial charge in [0.05, 0.1) is 99.1 Å². The normalized spacial score (nSPS) is 44.7. The molecular weight excluding hydrogens is 1990 g/mol. The summed E-state index contributed by atoms with van der Waals surface area (Å²) < 4.78 is 76.9. The number of rotatable bonds is 33. The van der Waals surface area contributed by atoms with E-state index in [1.54, 1.807) is 0 Å². The van der Waals surface area contributed by atoms with Crippen LogP contribution >= 0.6 is 0 Å². The van der Waals surface area contributed by atoms with E-state index in [-0.39, 0.29) is 26.1 Å². The standard InChI is InChI=1S/C18H32O16.3C12H22O11.C6H14O6.C6H12O6.C5H10O5.C3H8O3/c19-1-5-8(22)11(25)13(27)16(31-5)30-3-7-9(23)12(26)14(28)17(32-7)34-18(4-21)15(29)10(24)6(2-20)33-18;13-1-4-6(16)8(18)9(19)11(21-4)23-12(3-15)10(20)7(17)5(2-14)22-12;13-1-3-5(15)6(16)9(19)12(22-3)23-10-4(2-14)21-11(20)8(18)7(10)17;13-1-3-5(15)7(17)9(19)11(21-3)23-12-10(20)8(18)6(16)4(2-14)22-12;2*7-1-3(9)5(11)6(12)4(10)2-8;6-2-1-10-5(9)4(8)3(2)7;4-1-3(6)2-5/h5-17,19-29H,1-4H2;4-11,13-20H,1-3H2;2*3-20H,1-2H2;3-12H,1-2H2;1,3-6,8-12H,2H2;2-9H,1H2;3-6H,1-2H2/t5-,6-,7-,8+,9-,10-,11+,12+,13-,14-,15+,16+,17-,18+;4-,5-,6-,7-,8+,9-,10+,11-,12+;3-,4-,5+,6+,7-,8-,9-,10-,11-,12+;3-,4-,5-,6-,7+,8+,9-,10-,11-,12-;3-,4-,5-,6-;3-,4+,5+,6-;2-,3+,4-,5?;/m1111101./s1. The molecule has 69 nitrogen and oxygen atoms in total. The van der Waals surface area contributed by atoms with Crippen LogP contribution in [0.5, 0.6) is 0 Å². The van der Waals surface area contributed by atoms with Gasteiger partial charge in [-0.2, -0.15) is 0 Å². The Kier molecular flexibility index (Phi) is 59.6. The smallest absolute Gasteiger partial charge is 0.224 e. The number of carbonyl (C=O) groups is 1. The molecule has 0 aliphatic carbocycles. The summed E-state index contributed by atoms with van der Waals surface area (Å²) in [7, 11) is 0. The molecule has 10 aliphatic rings. The predicted molar refractivity (Wildman–Crippen MR) is 433 cm³/mol. The summed E-state index contributed by atoms with van der Waals surface area (Å²) in [4.78, 5) is 9.90. The van der Waals surface area contributed by atoms with E-state index < -0.39 is 435 Å². The van der Waals surface area contributed by atoms with E-state index in [0.717, 1.165) is 0 Å². The molecule has 10 heterocycles. The molecule has 10 rings (SSSR count). The average molecular weight is 2140 g/mol. The van der Waals surface area contributed by atoms with Crippen LogP contribution < -0.4 is 0 Å². The van der Waals surface area contributed by atoms with Crippen molar-refractivity contribution in [3.05, 3.63) is 0 Å². The van der Waals surface area contributed by atoms with Crippen LogP contribution in [0.1, 0.15) is 0 Å². The molecule has 0 bridgehead atoms. The summed E-state index contributed by atoms with van der Waals surface area (Å²) in [6.07, 6.45) is -85.0. The molecule has 143 heavy (non-hydrogen) atoms. The second kappa shape index (κ2) is 63.6. The lowest BCUT2D eigenvalue weighted by Crippen LogP contribution is -2.64. The van der Waals surface area contributed by atoms with E-state index in [1.165, 1.54) is 0 Å². The van der Waals surface area contributed by atoms with Crippen LogP contribution in [0.3, 0.4) is 0 Å². The van der Waals surface area contributed by atoms with Gasteiger partial charge in [-0.05, 0) is 0 Å². The Morgan fingerprint density at radius 2 is 0.545 bits per heavy atom. The number of hydrogen-bond acceptors (Lipinski definition) is 69. The summed E-state index contributed by atoms with van der Waals surface area (Å²) in [5.41, 5.74) is 0. The van der Waals surface area contributed by atoms with Crippen molar-refractivity contribution in [2.45, 2.75) is 343 Å². The van der Waals surface area contributed by atoms with Crippen LogP contribution in [-0.4, -0.2) is 732 Å². The van der Waals surface area contributed by atoms with Crippen LogP contribution in [-0.2, 0) is 75.8 Å². The summed E-state index contributed by atoms with van der Waals surface area (Å²) in [5, 5.41) is 493. The molecule has 0 aromatic rings. The van der Waals surface area contributed by atoms with E-state index in [2.05, 4.69) is 4.74 Å². The number of aliphatic hydroxyl groups excluding tert-OH is 53. The van der Waals surface area contributed by atoms with Crippen molar-refractivity contribution < 1.29 is 346 Å². The highest BCUT2D eigenvalue weighted by Crippen LogP contribution is 2.40. The van der Waals surface area contributed by atoms with E-state index in [0.29, 0.717) is 0 Å². The highest BCUT2D eigenvalue weighted by Gasteiger charge is 2.62. The van der Waals surface area contributed by atoms with E-state index in [1.807, 2.05) is 0 Å². The van der Waals surface area contributed by atoms with E-state index in [9.17, 15) is 158 Å². The Morgan fingerprint density at radius 3 is 0.832 bits per heavy atom. The first-order chi connectivity index (χ1) is 66.9. The zero-order valence-electron chi connectivity index (χ0n) is 75.0. The van der Waals surface area contributed by atoms with Crippen LogP contribution in [0.2, 0.25) is 0 Å². The number of aldehydes is 1. The maximum absolute atomic E-state index is 10.3. The first kappa shape index (κ1) is 134. The van der Waals surface area contributed by atoms with Crippen LogP contribution in [0.25, 0.3) is 0 Å². The maximum Gasteiger partial charge on any atom is 0.224 e. The van der Waals surface area contributed by atoms with Crippen LogP contribution in [0.4, 0.5) is 0 Å². The van der Waals surface area contributed by atoms with Crippen molar-refractivity contribution in [1.82, 2.24) is 0 Å². The van der Waals surface area contributed by atoms with E-state index in [4.69, 9.17) is 184 Å². The monoisotopic (exact) mass is 2130 g/mol. The zero-order chi connectivity index (χ0) is 110. The second-order valence-electron chi connectivity index (χ2n) is 33.2. The highest BCUT2D eigenvalue weighted by molar-refractivity contribution is 5.56. The van der Waals surface area contributed by atoms with Crippen molar-refractivity contribution >= 4 is 6.29 Å². The van der Waals surface area contributed by atoms with Gasteiger partial charge in [0.15, 0.2) is 56.6 Å². The van der Waals surface area contributed by atoms with Gasteiger partial charge < -0.3 is 346 Å². The van der Waals surface area contributed by atoms with Crippen LogP contribution in [0.15, 0.2) is 0 Å². The van der Waals surface area contributed by atoms with Gasteiger partial charge in [-0.3, -0.25) is 0 Å². The SMILES string of the molecule is O=C[C@H](O)[C@@H](O)[C@@H](O)[C@H](O)CO.OC1OC[C@@H](O)[C@H](O)[C@H]1O.OCC(O)CO.OC[C@@H](O)[C@@H](O)[C@H](O)[C@H](O)CO.OC[C@H]1O[C@@H](O[C@H]2[C@H](O)[C@@H](O)[C@H](O)O[C@@H]2CO)[C@H](O)[C@@H](O)[C@H]1O.OC[C@H]1O[C@@](CO)(O[C@H]2O[C@H](CO)[C@@H](O)[C@H](O)[C@H]2O)[C@@H](O)[C@@H]1O.OC[C@H]1O[C@H](OC[C@H]2O[C@H](O[C@]3(CO)O[C@H](CO)[C@@H](O)[C@@H]3O)[C@H](O)[C@@H](O)[C@@H]2O)[C@H](O)[C@@H](O)[C@H]1O.OC[C@H]1O[C@H](O[C@H]2O[C@H](CO)[C@@H](O)[C@H](O)[C@H]2O)[C@H](O)[C@@H](O)[C@@H]1O. The Hall–Kier alpha value is -3.05. The van der Waals surface area contributed by atoms with Gasteiger partial charge in [-0.15, -0.1) is 0 Å². The largest absolute Gasteiger partial charge is 0.394 e. The van der Waals surface area contributed by atoms with Gasteiger partial charge in [0.1, 0.15) is 294 Å². The minimum Gasteiger partial charge on any atom is -0.394 e. The third kappa shape index (κ3) is 35.0. The first-order valence-corrected chi connectivity index (χ1v) is 43.2. The summed E-state index contributed by atoms with van der Waals surface area (Å²) >= 11 is 0. The van der Waals surface area contributed by atoms with Crippen molar-refractivity contribution in [2.24, 2.45) is 0 Å². The highest BCUT2D eigenvalue weighted by atomic mass is 16.8. The van der Waals surface area contributed by atoms with Crippen molar-refractivity contribution in [3.63, 3.8) is 0 Å². The molecule has 10 aliphatic heterocycles. The van der Waals surface area contributed by atoms with Gasteiger partial charge in [-0.25, -0.2) is 0 Å². The summed E-state index contributed by atoms with van der Waals surface area (Å²) in [6.45, 7) is -11.2. The quantitative estimate of drug-likeness (QED) is 0.0271. The van der Waals surface area contributed by atoms with Gasteiger partial charge in [0, 0.05) is 0 Å². The van der Waals surface area contributed by atoms with Crippen LogP contribution in [0, 0.1) is 0 Å². The van der Waals surface area contributed by atoms with Gasteiger partial charge in [-0.1, -0.05) is 0 Å². The zero-order valence-corrected chi connectivity index (χ0v) is 75.0. The predicted octanol–water partition coefficient (Wildman–Crippen LogP) is -35.0. The fraction of sp³-hybridized carbons (Fsp3) is 0.986.